The Hall–Kier alpha value is -1.36. The van der Waals surface area contributed by atoms with Gasteiger partial charge >= 0.3 is 0 Å². The minimum atomic E-state index is -2.51. The number of rotatable bonds is 6. The maximum atomic E-state index is 12.9. The van der Waals surface area contributed by atoms with Crippen LogP contribution in [0.15, 0.2) is 18.2 Å². The highest BCUT2D eigenvalue weighted by Gasteiger charge is 2.29. The average molecular weight is 269 g/mol. The quantitative estimate of drug-likeness (QED) is 0.780. The zero-order chi connectivity index (χ0) is 14.0. The Morgan fingerprint density at radius 2 is 2.11 bits per heavy atom. The molecule has 0 saturated heterocycles. The van der Waals surface area contributed by atoms with Crippen LogP contribution in [-0.2, 0) is 0 Å². The predicted molar refractivity (Wildman–Crippen MR) is 74.5 cm³/mol. The lowest BCUT2D eigenvalue weighted by Crippen LogP contribution is -2.36. The second-order valence-electron chi connectivity index (χ2n) is 5.27. The zero-order valence-corrected chi connectivity index (χ0v) is 11.4. The molecule has 1 unspecified atom stereocenters. The Balaban J connectivity index is 1.98. The van der Waals surface area contributed by atoms with E-state index in [4.69, 9.17) is 5.73 Å². The number of hydrogen-bond donors (Lipinski definition) is 2. The van der Waals surface area contributed by atoms with Crippen molar-refractivity contribution in [1.29, 1.82) is 0 Å². The second-order valence-corrected chi connectivity index (χ2v) is 5.27. The van der Waals surface area contributed by atoms with Crippen molar-refractivity contribution in [2.24, 2.45) is 0 Å². The highest BCUT2D eigenvalue weighted by atomic mass is 19.3. The molecule has 2 rings (SSSR count). The highest BCUT2D eigenvalue weighted by Crippen LogP contribution is 2.30. The molecule has 1 fully saturated rings. The normalized spacial score (nSPS) is 16.9. The Morgan fingerprint density at radius 1 is 1.42 bits per heavy atom. The number of hydrogen-bond acceptors (Lipinski definition) is 3. The summed E-state index contributed by atoms with van der Waals surface area (Å²) in [6.07, 6.45) is -0.0295. The third-order valence-corrected chi connectivity index (χ3v) is 3.72. The molecule has 5 heteroatoms. The fraction of sp³-hybridized carbons (Fsp3) is 0.571. The van der Waals surface area contributed by atoms with Crippen LogP contribution in [-0.4, -0.2) is 30.6 Å². The Bertz CT molecular complexity index is 433. The van der Waals surface area contributed by atoms with Crippen molar-refractivity contribution in [3.63, 3.8) is 0 Å². The number of nitrogens with zero attached hydrogens (tertiary/aromatic N) is 1. The van der Waals surface area contributed by atoms with E-state index in [0.717, 1.165) is 0 Å². The number of nitrogens with two attached hydrogens (primary N) is 1. The number of halogens is 2. The van der Waals surface area contributed by atoms with Crippen molar-refractivity contribution in [1.82, 2.24) is 4.90 Å². The van der Waals surface area contributed by atoms with Crippen molar-refractivity contribution in [2.45, 2.75) is 38.3 Å². The maximum Gasteiger partial charge on any atom is 0.265 e. The maximum absolute atomic E-state index is 12.9. The lowest BCUT2D eigenvalue weighted by atomic mass is 10.1. The highest BCUT2D eigenvalue weighted by molar-refractivity contribution is 5.58. The summed E-state index contributed by atoms with van der Waals surface area (Å²) in [6.45, 7) is 2.75. The van der Waals surface area contributed by atoms with E-state index in [1.54, 1.807) is 12.1 Å². The van der Waals surface area contributed by atoms with Gasteiger partial charge in [-0.1, -0.05) is 0 Å². The first-order valence-electron chi connectivity index (χ1n) is 6.62. The Labute approximate surface area is 112 Å². The fourth-order valence-electron chi connectivity index (χ4n) is 2.17. The summed E-state index contributed by atoms with van der Waals surface area (Å²) < 4.78 is 25.8. The van der Waals surface area contributed by atoms with Gasteiger partial charge in [0.05, 0.1) is 0 Å². The molecule has 3 N–H and O–H groups in total. The summed E-state index contributed by atoms with van der Waals surface area (Å²) in [5.41, 5.74) is 6.36. The van der Waals surface area contributed by atoms with Crippen LogP contribution in [0.4, 0.5) is 20.2 Å². The predicted octanol–water partition coefficient (Wildman–Crippen LogP) is 3.10. The van der Waals surface area contributed by atoms with Crippen molar-refractivity contribution in [3.05, 3.63) is 23.8 Å². The molecule has 1 aliphatic rings. The van der Waals surface area contributed by atoms with Crippen LogP contribution in [0.1, 0.15) is 31.8 Å². The summed E-state index contributed by atoms with van der Waals surface area (Å²) in [6, 6.07) is 5.58. The van der Waals surface area contributed by atoms with Crippen LogP contribution in [0.25, 0.3) is 0 Å². The summed E-state index contributed by atoms with van der Waals surface area (Å²) in [4.78, 5) is 2.30. The van der Waals surface area contributed by atoms with Crippen LogP contribution in [0.5, 0.6) is 0 Å². The van der Waals surface area contributed by atoms with Gasteiger partial charge in [-0.3, -0.25) is 4.90 Å². The zero-order valence-electron chi connectivity index (χ0n) is 11.4. The number of nitrogen functional groups attached to an aromatic ring is 1. The molecule has 19 heavy (non-hydrogen) atoms. The number of nitrogens with one attached hydrogen (secondary N) is 1. The number of benzene rings is 1. The molecule has 1 aliphatic carbocycles. The van der Waals surface area contributed by atoms with E-state index >= 15 is 0 Å². The molecule has 0 aromatic heterocycles. The minimum absolute atomic E-state index is 0.0266. The SMILES string of the molecule is CC(CNc1ccc(N)cc1C(F)F)N(C)C1CC1. The molecule has 0 radical (unpaired) electrons. The molecule has 3 nitrogen and oxygen atoms in total. The summed E-state index contributed by atoms with van der Waals surface area (Å²) >= 11 is 0. The molecule has 0 bridgehead atoms. The molecule has 1 atom stereocenters. The van der Waals surface area contributed by atoms with E-state index in [1.165, 1.54) is 18.9 Å². The number of alkyl halides is 2. The van der Waals surface area contributed by atoms with Crippen molar-refractivity contribution in [2.75, 3.05) is 24.6 Å². The van der Waals surface area contributed by atoms with Crippen LogP contribution in [0.2, 0.25) is 0 Å². The summed E-state index contributed by atoms with van der Waals surface area (Å²) in [5, 5.41) is 3.11. The van der Waals surface area contributed by atoms with Gasteiger partial charge in [-0.2, -0.15) is 0 Å². The molecule has 0 spiro atoms. The third-order valence-electron chi connectivity index (χ3n) is 3.72. The molecule has 0 heterocycles. The fourth-order valence-corrected chi connectivity index (χ4v) is 2.17. The van der Waals surface area contributed by atoms with Crippen molar-refractivity contribution < 1.29 is 8.78 Å². The van der Waals surface area contributed by atoms with Crippen molar-refractivity contribution >= 4 is 11.4 Å². The largest absolute Gasteiger partial charge is 0.399 e. The topological polar surface area (TPSA) is 41.3 Å². The van der Waals surface area contributed by atoms with Gasteiger partial charge in [-0.15, -0.1) is 0 Å². The molecule has 0 amide bonds. The van der Waals surface area contributed by atoms with Crippen LogP contribution < -0.4 is 11.1 Å². The van der Waals surface area contributed by atoms with Gasteiger partial charge in [-0.05, 0) is 45.0 Å². The molecule has 106 valence electrons. The Morgan fingerprint density at radius 3 is 2.68 bits per heavy atom. The van der Waals surface area contributed by atoms with E-state index in [0.29, 0.717) is 30.0 Å². The lowest BCUT2D eigenvalue weighted by Gasteiger charge is -2.25. The molecule has 1 aromatic carbocycles. The van der Waals surface area contributed by atoms with Gasteiger partial charge in [0.2, 0.25) is 0 Å². The molecular formula is C14H21F2N3. The molecule has 1 saturated carbocycles. The van der Waals surface area contributed by atoms with Crippen LogP contribution >= 0.6 is 0 Å². The van der Waals surface area contributed by atoms with E-state index < -0.39 is 6.43 Å². The Kier molecular flexibility index (Phi) is 4.24. The van der Waals surface area contributed by atoms with Crippen LogP contribution in [0.3, 0.4) is 0 Å². The van der Waals surface area contributed by atoms with Gasteiger partial charge in [-0.25, -0.2) is 8.78 Å². The van der Waals surface area contributed by atoms with E-state index in [2.05, 4.69) is 24.2 Å². The van der Waals surface area contributed by atoms with Gasteiger partial charge < -0.3 is 11.1 Å². The second kappa shape index (κ2) is 5.74. The third kappa shape index (κ3) is 3.56. The molecular weight excluding hydrogens is 248 g/mol. The van der Waals surface area contributed by atoms with Crippen LogP contribution in [0, 0.1) is 0 Å². The van der Waals surface area contributed by atoms with Gasteiger partial charge in [0, 0.05) is 35.6 Å². The first-order valence-corrected chi connectivity index (χ1v) is 6.62. The smallest absolute Gasteiger partial charge is 0.265 e. The van der Waals surface area contributed by atoms with E-state index in [9.17, 15) is 8.78 Å². The average Bonchev–Trinajstić information content (AvgIpc) is 3.20. The number of anilines is 2. The van der Waals surface area contributed by atoms with E-state index in [-0.39, 0.29) is 5.56 Å². The summed E-state index contributed by atoms with van der Waals surface area (Å²) in [5.74, 6) is 0. The van der Waals surface area contributed by atoms with E-state index in [1.807, 2.05) is 0 Å². The molecule has 1 aromatic rings. The van der Waals surface area contributed by atoms with Gasteiger partial charge in [0.15, 0.2) is 0 Å². The van der Waals surface area contributed by atoms with Crippen molar-refractivity contribution in [3.8, 4) is 0 Å². The summed E-state index contributed by atoms with van der Waals surface area (Å²) in [7, 11) is 2.08. The monoisotopic (exact) mass is 269 g/mol. The van der Waals surface area contributed by atoms with Gasteiger partial charge in [0.1, 0.15) is 0 Å². The standard InChI is InChI=1S/C14H21F2N3/c1-9(19(2)11-4-5-11)8-18-13-6-3-10(17)7-12(13)14(15)16/h3,6-7,9,11,14,18H,4-5,8,17H2,1-2H3. The number of likely N-dealkylation sites (N-methyl/N-ethyl adjacent to an activating group) is 1. The van der Waals surface area contributed by atoms with Gasteiger partial charge in [0.25, 0.3) is 6.43 Å². The first kappa shape index (κ1) is 14.1. The molecule has 0 aliphatic heterocycles. The minimum Gasteiger partial charge on any atom is -0.399 e. The lowest BCUT2D eigenvalue weighted by molar-refractivity contribution is 0.152. The first-order chi connectivity index (χ1) is 8.99.